The lowest BCUT2D eigenvalue weighted by Crippen LogP contribution is -2.50. The zero-order chi connectivity index (χ0) is 13.8. The molecule has 0 aromatic carbocycles. The van der Waals surface area contributed by atoms with E-state index in [4.69, 9.17) is 10.5 Å². The summed E-state index contributed by atoms with van der Waals surface area (Å²) in [6, 6.07) is 3.59. The van der Waals surface area contributed by atoms with Crippen LogP contribution in [0.1, 0.15) is 24.6 Å². The number of aromatic nitrogens is 1. The third-order valence-electron chi connectivity index (χ3n) is 3.34. The number of methoxy groups -OCH3 is 1. The second-order valence-electron chi connectivity index (χ2n) is 4.63. The summed E-state index contributed by atoms with van der Waals surface area (Å²) >= 11 is 3.36. The number of carbonyl (C=O) groups is 1. The molecule has 2 heterocycles. The van der Waals surface area contributed by atoms with E-state index in [2.05, 4.69) is 20.9 Å². The van der Waals surface area contributed by atoms with Gasteiger partial charge in [-0.05, 0) is 34.5 Å². The highest BCUT2D eigenvalue weighted by molar-refractivity contribution is 9.10. The fourth-order valence-electron chi connectivity index (χ4n) is 2.37. The second-order valence-corrected chi connectivity index (χ2v) is 5.54. The Hall–Kier alpha value is -0.980. The van der Waals surface area contributed by atoms with Gasteiger partial charge in [0.05, 0.1) is 18.3 Å². The van der Waals surface area contributed by atoms with Crippen LogP contribution in [0.15, 0.2) is 22.8 Å². The van der Waals surface area contributed by atoms with Crippen LogP contribution in [0.2, 0.25) is 0 Å². The summed E-state index contributed by atoms with van der Waals surface area (Å²) in [6.45, 7) is 1.05. The van der Waals surface area contributed by atoms with E-state index < -0.39 is 0 Å². The van der Waals surface area contributed by atoms with Crippen molar-refractivity contribution >= 4 is 21.8 Å². The zero-order valence-electron chi connectivity index (χ0n) is 10.9. The fourth-order valence-corrected chi connectivity index (χ4v) is 2.61. The molecule has 5 nitrogen and oxygen atoms in total. The van der Waals surface area contributed by atoms with Crippen molar-refractivity contribution in [1.29, 1.82) is 0 Å². The van der Waals surface area contributed by atoms with Crippen LogP contribution in [-0.2, 0) is 9.53 Å². The molecule has 2 atom stereocenters. The number of ether oxygens (including phenoxy) is 1. The molecule has 0 spiro atoms. The molecule has 0 saturated carbocycles. The number of amides is 1. The van der Waals surface area contributed by atoms with Gasteiger partial charge in [0, 0.05) is 36.8 Å². The highest BCUT2D eigenvalue weighted by atomic mass is 79.9. The molecule has 1 aromatic rings. The first kappa shape index (κ1) is 14.4. The van der Waals surface area contributed by atoms with Crippen molar-refractivity contribution in [3.63, 3.8) is 0 Å². The standard InChI is InChI=1S/C13H18BrN3O2/c1-19-7-6-17-12(18)5-3-10(15)13(17)11-4-2-9(14)8-16-11/h2,4,8,10,13H,3,5-7,15H2,1H3. The molecule has 1 aromatic heterocycles. The van der Waals surface area contributed by atoms with Gasteiger partial charge in [-0.1, -0.05) is 0 Å². The number of hydrogen-bond donors (Lipinski definition) is 1. The van der Waals surface area contributed by atoms with E-state index in [9.17, 15) is 4.79 Å². The maximum atomic E-state index is 12.1. The number of likely N-dealkylation sites (tertiary alicyclic amines) is 1. The van der Waals surface area contributed by atoms with Crippen LogP contribution in [-0.4, -0.2) is 42.1 Å². The Balaban J connectivity index is 2.25. The lowest BCUT2D eigenvalue weighted by molar-refractivity contribution is -0.138. The van der Waals surface area contributed by atoms with E-state index in [1.807, 2.05) is 12.1 Å². The zero-order valence-corrected chi connectivity index (χ0v) is 12.5. The molecule has 2 unspecified atom stereocenters. The van der Waals surface area contributed by atoms with Crippen molar-refractivity contribution in [3.05, 3.63) is 28.5 Å². The largest absolute Gasteiger partial charge is 0.383 e. The highest BCUT2D eigenvalue weighted by Gasteiger charge is 2.35. The molecule has 0 aliphatic carbocycles. The Morgan fingerprint density at radius 2 is 2.37 bits per heavy atom. The number of carbonyl (C=O) groups excluding carboxylic acids is 1. The number of hydrogen-bond acceptors (Lipinski definition) is 4. The second kappa shape index (κ2) is 6.45. The average Bonchev–Trinajstić information content (AvgIpc) is 2.41. The molecule has 0 radical (unpaired) electrons. The summed E-state index contributed by atoms with van der Waals surface area (Å²) in [7, 11) is 1.63. The van der Waals surface area contributed by atoms with E-state index >= 15 is 0 Å². The van der Waals surface area contributed by atoms with E-state index in [1.165, 1.54) is 0 Å². The fraction of sp³-hybridized carbons (Fsp3) is 0.538. The third kappa shape index (κ3) is 3.32. The van der Waals surface area contributed by atoms with Crippen molar-refractivity contribution in [2.45, 2.75) is 24.9 Å². The SMILES string of the molecule is COCCN1C(=O)CCC(N)C1c1ccc(Br)cn1. The van der Waals surface area contributed by atoms with Crippen molar-refractivity contribution in [1.82, 2.24) is 9.88 Å². The monoisotopic (exact) mass is 327 g/mol. The van der Waals surface area contributed by atoms with Crippen LogP contribution in [0.25, 0.3) is 0 Å². The Labute approximate surface area is 121 Å². The summed E-state index contributed by atoms with van der Waals surface area (Å²) in [5, 5.41) is 0. The predicted molar refractivity (Wildman–Crippen MR) is 75.5 cm³/mol. The van der Waals surface area contributed by atoms with Gasteiger partial charge in [0.15, 0.2) is 0 Å². The smallest absolute Gasteiger partial charge is 0.223 e. The molecule has 1 amide bonds. The van der Waals surface area contributed by atoms with Crippen LogP contribution in [0, 0.1) is 0 Å². The van der Waals surface area contributed by atoms with Gasteiger partial charge in [-0.25, -0.2) is 0 Å². The Kier molecular flexibility index (Phi) is 4.90. The molecular formula is C13H18BrN3O2. The molecule has 1 fully saturated rings. The van der Waals surface area contributed by atoms with E-state index in [-0.39, 0.29) is 18.0 Å². The van der Waals surface area contributed by atoms with Gasteiger partial charge >= 0.3 is 0 Å². The van der Waals surface area contributed by atoms with Crippen LogP contribution in [0.5, 0.6) is 0 Å². The van der Waals surface area contributed by atoms with Crippen LogP contribution in [0.4, 0.5) is 0 Å². The van der Waals surface area contributed by atoms with Gasteiger partial charge in [0.25, 0.3) is 0 Å². The van der Waals surface area contributed by atoms with Crippen LogP contribution >= 0.6 is 15.9 Å². The lowest BCUT2D eigenvalue weighted by Gasteiger charge is -2.39. The highest BCUT2D eigenvalue weighted by Crippen LogP contribution is 2.30. The molecule has 2 N–H and O–H groups in total. The van der Waals surface area contributed by atoms with Crippen molar-refractivity contribution < 1.29 is 9.53 Å². The lowest BCUT2D eigenvalue weighted by atomic mass is 9.93. The summed E-state index contributed by atoms with van der Waals surface area (Å²) in [6.07, 6.45) is 2.93. The Morgan fingerprint density at radius 3 is 3.00 bits per heavy atom. The Morgan fingerprint density at radius 1 is 1.58 bits per heavy atom. The van der Waals surface area contributed by atoms with E-state index in [0.717, 1.165) is 10.2 Å². The maximum Gasteiger partial charge on any atom is 0.223 e. The van der Waals surface area contributed by atoms with Crippen LogP contribution in [0.3, 0.4) is 0 Å². The minimum atomic E-state index is -0.163. The molecule has 0 bridgehead atoms. The molecular weight excluding hydrogens is 310 g/mol. The van der Waals surface area contributed by atoms with Gasteiger partial charge < -0.3 is 15.4 Å². The summed E-state index contributed by atoms with van der Waals surface area (Å²) in [5.41, 5.74) is 7.02. The quantitative estimate of drug-likeness (QED) is 0.909. The predicted octanol–water partition coefficient (Wildman–Crippen LogP) is 1.48. The molecule has 2 rings (SSSR count). The van der Waals surface area contributed by atoms with Crippen molar-refractivity contribution in [3.8, 4) is 0 Å². The molecule has 1 aliphatic rings. The van der Waals surface area contributed by atoms with Gasteiger partial charge in [-0.2, -0.15) is 0 Å². The molecule has 1 saturated heterocycles. The summed E-state index contributed by atoms with van der Waals surface area (Å²) in [5.74, 6) is 0.119. The van der Waals surface area contributed by atoms with Crippen molar-refractivity contribution in [2.75, 3.05) is 20.3 Å². The number of piperidine rings is 1. The summed E-state index contributed by atoms with van der Waals surface area (Å²) in [4.78, 5) is 18.2. The maximum absolute atomic E-state index is 12.1. The van der Waals surface area contributed by atoms with Gasteiger partial charge in [0.1, 0.15) is 0 Å². The third-order valence-corrected chi connectivity index (χ3v) is 3.81. The normalized spacial score (nSPS) is 23.7. The van der Waals surface area contributed by atoms with Crippen molar-refractivity contribution in [2.24, 2.45) is 5.73 Å². The van der Waals surface area contributed by atoms with Gasteiger partial charge in [-0.3, -0.25) is 9.78 Å². The number of nitrogens with zero attached hydrogens (tertiary/aromatic N) is 2. The molecule has 19 heavy (non-hydrogen) atoms. The minimum absolute atomic E-state index is 0.0803. The van der Waals surface area contributed by atoms with E-state index in [1.54, 1.807) is 18.2 Å². The minimum Gasteiger partial charge on any atom is -0.383 e. The number of rotatable bonds is 4. The first-order valence-electron chi connectivity index (χ1n) is 6.29. The first-order valence-corrected chi connectivity index (χ1v) is 7.08. The summed E-state index contributed by atoms with van der Waals surface area (Å²) < 4.78 is 5.98. The van der Waals surface area contributed by atoms with E-state index in [0.29, 0.717) is 26.0 Å². The number of halogens is 1. The Bertz CT molecular complexity index is 438. The topological polar surface area (TPSA) is 68.5 Å². The van der Waals surface area contributed by atoms with Gasteiger partial charge in [0.2, 0.25) is 5.91 Å². The van der Waals surface area contributed by atoms with Crippen LogP contribution < -0.4 is 5.73 Å². The van der Waals surface area contributed by atoms with Gasteiger partial charge in [-0.15, -0.1) is 0 Å². The average molecular weight is 328 g/mol. The molecule has 6 heteroatoms. The number of pyridine rings is 1. The number of nitrogens with two attached hydrogens (primary N) is 1. The molecule has 104 valence electrons. The molecule has 1 aliphatic heterocycles. The first-order chi connectivity index (χ1) is 9.13.